The average Bonchev–Trinajstić information content (AvgIpc) is 1.95. The van der Waals surface area contributed by atoms with Gasteiger partial charge in [-0.1, -0.05) is 26.2 Å². The Bertz CT molecular complexity index is 99.9. The third kappa shape index (κ3) is 2.19. The number of rotatable bonds is 5. The van der Waals surface area contributed by atoms with Gasteiger partial charge in [0.1, 0.15) is 0 Å². The molecule has 1 rings (SSSR count). The van der Waals surface area contributed by atoms with Gasteiger partial charge in [0.25, 0.3) is 0 Å². The van der Waals surface area contributed by atoms with Gasteiger partial charge >= 0.3 is 0 Å². The fraction of sp³-hybridized carbons (Fsp3) is 0.900. The Morgan fingerprint density at radius 1 is 1.36 bits per heavy atom. The van der Waals surface area contributed by atoms with Crippen molar-refractivity contribution < 1.29 is 4.74 Å². The molecule has 65 valence electrons. The first-order chi connectivity index (χ1) is 5.33. The van der Waals surface area contributed by atoms with Crippen LogP contribution in [0.1, 0.15) is 44.9 Å². The molecule has 0 aromatic rings. The van der Waals surface area contributed by atoms with E-state index < -0.39 is 0 Å². The lowest BCUT2D eigenvalue weighted by Crippen LogP contribution is -2.38. The Balaban J connectivity index is 2.11. The molecule has 0 aromatic heterocycles. The van der Waals surface area contributed by atoms with E-state index in [0.29, 0.717) is 0 Å². The van der Waals surface area contributed by atoms with E-state index in [9.17, 15) is 0 Å². The maximum absolute atomic E-state index is 5.50. The maximum Gasteiger partial charge on any atom is 0.0678 e. The minimum atomic E-state index is 0.287. The van der Waals surface area contributed by atoms with Gasteiger partial charge < -0.3 is 4.74 Å². The molecule has 0 unspecified atom stereocenters. The quantitative estimate of drug-likeness (QED) is 0.555. The average molecular weight is 155 g/mol. The summed E-state index contributed by atoms with van der Waals surface area (Å²) in [5.41, 5.74) is 0.287. The first-order valence-electron chi connectivity index (χ1n) is 4.67. The molecule has 0 aromatic carbocycles. The van der Waals surface area contributed by atoms with Crippen LogP contribution in [0.15, 0.2) is 0 Å². The predicted molar refractivity (Wildman–Crippen MR) is 47.4 cm³/mol. The van der Waals surface area contributed by atoms with Gasteiger partial charge in [-0.25, -0.2) is 0 Å². The molecule has 1 aliphatic rings. The molecule has 0 spiro atoms. The largest absolute Gasteiger partial charge is 0.378 e. The summed E-state index contributed by atoms with van der Waals surface area (Å²) in [7, 11) is 1.85. The van der Waals surface area contributed by atoms with Crippen molar-refractivity contribution in [2.24, 2.45) is 0 Å². The van der Waals surface area contributed by atoms with Crippen LogP contribution in [0.3, 0.4) is 0 Å². The van der Waals surface area contributed by atoms with Gasteiger partial charge in [0.05, 0.1) is 5.60 Å². The molecular weight excluding hydrogens is 136 g/mol. The summed E-state index contributed by atoms with van der Waals surface area (Å²) >= 11 is 0. The highest BCUT2D eigenvalue weighted by molar-refractivity contribution is 4.88. The van der Waals surface area contributed by atoms with Gasteiger partial charge in [-0.3, -0.25) is 0 Å². The third-order valence-electron chi connectivity index (χ3n) is 2.83. The number of methoxy groups -OCH3 is 1. The minimum absolute atomic E-state index is 0.287. The van der Waals surface area contributed by atoms with E-state index in [-0.39, 0.29) is 5.60 Å². The van der Waals surface area contributed by atoms with Crippen LogP contribution >= 0.6 is 0 Å². The van der Waals surface area contributed by atoms with E-state index in [1.54, 1.807) is 0 Å². The first kappa shape index (κ1) is 9.05. The molecule has 1 fully saturated rings. The van der Waals surface area contributed by atoms with E-state index in [2.05, 4.69) is 6.92 Å². The van der Waals surface area contributed by atoms with Crippen molar-refractivity contribution >= 4 is 0 Å². The summed E-state index contributed by atoms with van der Waals surface area (Å²) in [6, 6.07) is 0. The summed E-state index contributed by atoms with van der Waals surface area (Å²) in [5, 5.41) is 0. The zero-order valence-electron chi connectivity index (χ0n) is 7.57. The molecule has 1 saturated carbocycles. The Kier molecular flexibility index (Phi) is 3.38. The third-order valence-corrected chi connectivity index (χ3v) is 2.83. The molecule has 0 atom stereocenters. The standard InChI is InChI=1S/C10H19O/c1-3-4-5-7-10(11-2)8-6-9-10/h1,3-9H2,2H3. The van der Waals surface area contributed by atoms with Crippen molar-refractivity contribution in [2.45, 2.75) is 50.5 Å². The fourth-order valence-corrected chi connectivity index (χ4v) is 1.75. The molecule has 1 aliphatic carbocycles. The zero-order valence-corrected chi connectivity index (χ0v) is 7.57. The van der Waals surface area contributed by atoms with Gasteiger partial charge in [-0.15, -0.1) is 0 Å². The smallest absolute Gasteiger partial charge is 0.0678 e. The summed E-state index contributed by atoms with van der Waals surface area (Å²) in [6.45, 7) is 3.83. The monoisotopic (exact) mass is 155 g/mol. The second-order valence-corrected chi connectivity index (χ2v) is 3.55. The van der Waals surface area contributed by atoms with Gasteiger partial charge in [0.15, 0.2) is 0 Å². The highest BCUT2D eigenvalue weighted by atomic mass is 16.5. The van der Waals surface area contributed by atoms with Crippen LogP contribution in [-0.2, 0) is 4.74 Å². The predicted octanol–water partition coefficient (Wildman–Crippen LogP) is 2.95. The highest BCUT2D eigenvalue weighted by Crippen LogP contribution is 2.39. The molecule has 0 N–H and O–H groups in total. The van der Waals surface area contributed by atoms with Crippen molar-refractivity contribution in [2.75, 3.05) is 7.11 Å². The molecule has 1 nitrogen and oxygen atoms in total. The van der Waals surface area contributed by atoms with Gasteiger partial charge in [0.2, 0.25) is 0 Å². The van der Waals surface area contributed by atoms with E-state index in [4.69, 9.17) is 4.74 Å². The molecule has 0 heterocycles. The molecule has 0 saturated heterocycles. The number of ether oxygens (including phenoxy) is 1. The molecule has 11 heavy (non-hydrogen) atoms. The fourth-order valence-electron chi connectivity index (χ4n) is 1.75. The van der Waals surface area contributed by atoms with Gasteiger partial charge in [0, 0.05) is 7.11 Å². The second-order valence-electron chi connectivity index (χ2n) is 3.55. The summed E-state index contributed by atoms with van der Waals surface area (Å²) < 4.78 is 5.50. The minimum Gasteiger partial charge on any atom is -0.378 e. The molecule has 1 heteroatoms. The molecule has 1 radical (unpaired) electrons. The van der Waals surface area contributed by atoms with Crippen LogP contribution in [0, 0.1) is 6.92 Å². The van der Waals surface area contributed by atoms with E-state index in [0.717, 1.165) is 6.42 Å². The summed E-state index contributed by atoms with van der Waals surface area (Å²) in [4.78, 5) is 0. The SMILES string of the molecule is [CH2]CCCCC1(OC)CCC1. The topological polar surface area (TPSA) is 9.23 Å². The van der Waals surface area contributed by atoms with Crippen LogP contribution in [0.5, 0.6) is 0 Å². The summed E-state index contributed by atoms with van der Waals surface area (Å²) in [5.74, 6) is 0. The number of hydrogen-bond acceptors (Lipinski definition) is 1. The Morgan fingerprint density at radius 3 is 2.45 bits per heavy atom. The normalized spacial score (nSPS) is 21.3. The Morgan fingerprint density at radius 2 is 2.09 bits per heavy atom. The van der Waals surface area contributed by atoms with Crippen molar-refractivity contribution in [1.29, 1.82) is 0 Å². The van der Waals surface area contributed by atoms with Crippen molar-refractivity contribution in [3.05, 3.63) is 6.92 Å². The second kappa shape index (κ2) is 4.10. The zero-order chi connectivity index (χ0) is 8.16. The van der Waals surface area contributed by atoms with E-state index >= 15 is 0 Å². The lowest BCUT2D eigenvalue weighted by atomic mass is 9.76. The molecular formula is C10H19O. The van der Waals surface area contributed by atoms with Crippen LogP contribution in [0.25, 0.3) is 0 Å². The van der Waals surface area contributed by atoms with Gasteiger partial charge in [-0.2, -0.15) is 0 Å². The van der Waals surface area contributed by atoms with Crippen LogP contribution < -0.4 is 0 Å². The van der Waals surface area contributed by atoms with E-state index in [1.165, 1.54) is 38.5 Å². The number of unbranched alkanes of at least 4 members (excludes halogenated alkanes) is 2. The van der Waals surface area contributed by atoms with Crippen molar-refractivity contribution in [3.8, 4) is 0 Å². The highest BCUT2D eigenvalue weighted by Gasteiger charge is 2.35. The van der Waals surface area contributed by atoms with Crippen molar-refractivity contribution in [1.82, 2.24) is 0 Å². The molecule has 0 aliphatic heterocycles. The lowest BCUT2D eigenvalue weighted by Gasteiger charge is -2.40. The van der Waals surface area contributed by atoms with Crippen LogP contribution in [0.2, 0.25) is 0 Å². The summed E-state index contributed by atoms with van der Waals surface area (Å²) in [6.07, 6.45) is 8.78. The Hall–Kier alpha value is -0.0400. The van der Waals surface area contributed by atoms with Gasteiger partial charge in [-0.05, 0) is 25.7 Å². The molecule has 0 amide bonds. The van der Waals surface area contributed by atoms with E-state index in [1.807, 2.05) is 7.11 Å². The van der Waals surface area contributed by atoms with Crippen molar-refractivity contribution in [3.63, 3.8) is 0 Å². The maximum atomic E-state index is 5.50. The van der Waals surface area contributed by atoms with Crippen LogP contribution in [-0.4, -0.2) is 12.7 Å². The lowest BCUT2D eigenvalue weighted by molar-refractivity contribution is -0.0788. The first-order valence-corrected chi connectivity index (χ1v) is 4.67. The number of hydrogen-bond donors (Lipinski definition) is 0. The van der Waals surface area contributed by atoms with Crippen LogP contribution in [0.4, 0.5) is 0 Å². The molecule has 0 bridgehead atoms. The Labute approximate surface area is 70.1 Å².